The van der Waals surface area contributed by atoms with Gasteiger partial charge in [0.15, 0.2) is 5.37 Å². The molecule has 3 amide bonds. The molecule has 0 aromatic heterocycles. The highest BCUT2D eigenvalue weighted by atomic mass is 32.2. The Labute approximate surface area is 219 Å². The fourth-order valence-electron chi connectivity index (χ4n) is 5.16. The molecule has 0 aliphatic carbocycles. The average molecular weight is 527 g/mol. The Morgan fingerprint density at radius 1 is 1.08 bits per heavy atom. The largest absolute Gasteiger partial charge is 0.450 e. The van der Waals surface area contributed by atoms with Crippen molar-refractivity contribution in [1.82, 2.24) is 15.5 Å². The summed E-state index contributed by atoms with van der Waals surface area (Å²) < 4.78 is 4.94. The van der Waals surface area contributed by atoms with Crippen LogP contribution in [0.15, 0.2) is 59.5 Å². The number of fused-ring (bicyclic) bond motifs is 2. The van der Waals surface area contributed by atoms with E-state index in [0.29, 0.717) is 0 Å². The lowest BCUT2D eigenvalue weighted by Crippen LogP contribution is -2.50. The lowest BCUT2D eigenvalue weighted by Gasteiger charge is -2.35. The molecule has 36 heavy (non-hydrogen) atoms. The topological polar surface area (TPSA) is 99.8 Å². The van der Waals surface area contributed by atoms with E-state index in [1.54, 1.807) is 18.7 Å². The maximum Gasteiger partial charge on any atom is 0.413 e. The van der Waals surface area contributed by atoms with Crippen molar-refractivity contribution in [2.75, 3.05) is 25.0 Å². The number of amides is 3. The number of hydrogen-bond donors (Lipinski definition) is 3. The normalized spacial score (nSPS) is 26.9. The highest BCUT2D eigenvalue weighted by Crippen LogP contribution is 2.47. The van der Waals surface area contributed by atoms with Crippen molar-refractivity contribution in [2.45, 2.75) is 40.8 Å². The number of carbonyl (C=O) groups excluding carboxylic acids is 3. The molecule has 3 N–H and O–H groups in total. The van der Waals surface area contributed by atoms with Gasteiger partial charge in [-0.25, -0.2) is 4.79 Å². The number of thioether (sulfide) groups is 2. The molecule has 5 unspecified atom stereocenters. The first kappa shape index (κ1) is 25.0. The van der Waals surface area contributed by atoms with Gasteiger partial charge in [-0.1, -0.05) is 54.2 Å². The van der Waals surface area contributed by atoms with Crippen LogP contribution in [0.2, 0.25) is 0 Å². The van der Waals surface area contributed by atoms with E-state index >= 15 is 0 Å². The zero-order chi connectivity index (χ0) is 25.1. The second-order valence-corrected chi connectivity index (χ2v) is 11.7. The quantitative estimate of drug-likeness (QED) is 0.526. The summed E-state index contributed by atoms with van der Waals surface area (Å²) in [6.45, 7) is 4.41. The molecule has 5 atom stereocenters. The second kappa shape index (κ2) is 11.1. The lowest BCUT2D eigenvalue weighted by molar-refractivity contribution is -0.127. The molecule has 0 bridgehead atoms. The van der Waals surface area contributed by atoms with E-state index < -0.39 is 22.8 Å². The molecule has 2 fully saturated rings. The molecule has 0 saturated carbocycles. The smallest absolute Gasteiger partial charge is 0.413 e. The van der Waals surface area contributed by atoms with Gasteiger partial charge in [-0.15, -0.1) is 11.8 Å². The first-order chi connectivity index (χ1) is 17.5. The minimum absolute atomic E-state index is 0.0585. The van der Waals surface area contributed by atoms with Gasteiger partial charge < -0.3 is 15.4 Å². The minimum Gasteiger partial charge on any atom is -0.450 e. The van der Waals surface area contributed by atoms with Crippen LogP contribution in [0, 0.1) is 11.8 Å². The van der Waals surface area contributed by atoms with Crippen LogP contribution in [-0.4, -0.2) is 58.5 Å². The standard InChI is InChI=1S/C26H30N4O4S2/c1-2-34-26(33)29-22(31)21-17-12-13-30(14-16-8-4-3-5-9-16)15-20(17)36-24(21)28-23(32)25-27-18-10-6-7-11-19(18)35-25/h3-11,17,20-21,24-25,27H,2,12-15H2,1H3,(H,28,32)(H,29,31,33). The van der Waals surface area contributed by atoms with Crippen LogP contribution in [0.1, 0.15) is 18.9 Å². The minimum atomic E-state index is -0.744. The van der Waals surface area contributed by atoms with Gasteiger partial charge in [0.1, 0.15) is 0 Å². The summed E-state index contributed by atoms with van der Waals surface area (Å²) >= 11 is 3.10. The van der Waals surface area contributed by atoms with Gasteiger partial charge in [-0.3, -0.25) is 19.8 Å². The monoisotopic (exact) mass is 526 g/mol. The first-order valence-corrected chi connectivity index (χ1v) is 14.1. The third-order valence-electron chi connectivity index (χ3n) is 6.80. The van der Waals surface area contributed by atoms with Crippen molar-refractivity contribution >= 4 is 47.1 Å². The number of nitrogens with one attached hydrogen (secondary N) is 3. The molecule has 3 aliphatic heterocycles. The number of anilines is 1. The summed E-state index contributed by atoms with van der Waals surface area (Å²) in [5.74, 6) is -1.00. The third-order valence-corrected chi connectivity index (χ3v) is 9.53. The number of nitrogens with zero attached hydrogens (tertiary/aromatic N) is 1. The molecule has 5 rings (SSSR count). The van der Waals surface area contributed by atoms with Crippen molar-refractivity contribution < 1.29 is 19.1 Å². The second-order valence-electron chi connectivity index (χ2n) is 9.15. The third kappa shape index (κ3) is 5.50. The Kier molecular flexibility index (Phi) is 7.73. The van der Waals surface area contributed by atoms with Crippen molar-refractivity contribution in [2.24, 2.45) is 11.8 Å². The SMILES string of the molecule is CCOC(=O)NC(=O)C1C(NC(=O)C2Nc3ccccc3S2)SC2CN(Cc3ccccc3)CCC21. The van der Waals surface area contributed by atoms with E-state index in [-0.39, 0.29) is 29.6 Å². The van der Waals surface area contributed by atoms with E-state index in [1.807, 2.05) is 42.5 Å². The van der Waals surface area contributed by atoms with Gasteiger partial charge in [-0.05, 0) is 43.5 Å². The van der Waals surface area contributed by atoms with Crippen LogP contribution in [0.4, 0.5) is 10.5 Å². The van der Waals surface area contributed by atoms with Gasteiger partial charge in [0.05, 0.1) is 17.9 Å². The number of para-hydroxylation sites is 1. The summed E-state index contributed by atoms with van der Waals surface area (Å²) in [5.41, 5.74) is 2.19. The highest BCUT2D eigenvalue weighted by molar-refractivity contribution is 8.01. The summed E-state index contributed by atoms with van der Waals surface area (Å²) in [6.07, 6.45) is 0.0747. The molecule has 10 heteroatoms. The van der Waals surface area contributed by atoms with Crippen molar-refractivity contribution in [3.63, 3.8) is 0 Å². The number of imide groups is 1. The van der Waals surface area contributed by atoms with E-state index in [2.05, 4.69) is 33.0 Å². The highest BCUT2D eigenvalue weighted by Gasteiger charge is 2.51. The molecular formula is C26H30N4O4S2. The van der Waals surface area contributed by atoms with Gasteiger partial charge in [0.25, 0.3) is 5.91 Å². The number of ether oxygens (including phenoxy) is 1. The van der Waals surface area contributed by atoms with Gasteiger partial charge in [-0.2, -0.15) is 0 Å². The number of likely N-dealkylation sites (tertiary alicyclic amines) is 1. The van der Waals surface area contributed by atoms with Crippen molar-refractivity contribution in [3.05, 3.63) is 60.2 Å². The van der Waals surface area contributed by atoms with Gasteiger partial charge in [0.2, 0.25) is 5.91 Å². The number of carbonyl (C=O) groups is 3. The van der Waals surface area contributed by atoms with E-state index in [1.165, 1.54) is 17.3 Å². The molecule has 0 radical (unpaired) electrons. The van der Waals surface area contributed by atoms with Crippen LogP contribution in [0.3, 0.4) is 0 Å². The van der Waals surface area contributed by atoms with E-state index in [4.69, 9.17) is 4.74 Å². The van der Waals surface area contributed by atoms with Crippen molar-refractivity contribution in [3.8, 4) is 0 Å². The predicted octanol–water partition coefficient (Wildman–Crippen LogP) is 3.50. The fraction of sp³-hybridized carbons (Fsp3) is 0.423. The van der Waals surface area contributed by atoms with E-state index in [0.717, 1.165) is 36.6 Å². The Bertz CT molecular complexity index is 1090. The molecule has 190 valence electrons. The van der Waals surface area contributed by atoms with Gasteiger partial charge in [0, 0.05) is 28.9 Å². The fourth-order valence-corrected chi connectivity index (χ4v) is 8.05. The summed E-state index contributed by atoms with van der Waals surface area (Å²) in [6, 6.07) is 18.2. The van der Waals surface area contributed by atoms with Crippen LogP contribution in [0.5, 0.6) is 0 Å². The molecule has 2 aromatic carbocycles. The number of alkyl carbamates (subject to hydrolysis) is 1. The van der Waals surface area contributed by atoms with Gasteiger partial charge >= 0.3 is 6.09 Å². The maximum atomic E-state index is 13.2. The van der Waals surface area contributed by atoms with E-state index in [9.17, 15) is 14.4 Å². The molecule has 8 nitrogen and oxygen atoms in total. The van der Waals surface area contributed by atoms with Crippen LogP contribution >= 0.6 is 23.5 Å². The zero-order valence-corrected chi connectivity index (χ0v) is 21.6. The zero-order valence-electron chi connectivity index (χ0n) is 20.0. The van der Waals surface area contributed by atoms with Crippen LogP contribution < -0.4 is 16.0 Å². The molecule has 0 spiro atoms. The average Bonchev–Trinajstić information content (AvgIpc) is 3.46. The molecule has 3 aliphatic rings. The summed E-state index contributed by atoms with van der Waals surface area (Å²) in [5, 5.41) is 8.06. The predicted molar refractivity (Wildman–Crippen MR) is 142 cm³/mol. The van der Waals surface area contributed by atoms with Crippen molar-refractivity contribution in [1.29, 1.82) is 0 Å². The number of piperidine rings is 1. The molecular weight excluding hydrogens is 496 g/mol. The Morgan fingerprint density at radius 3 is 2.64 bits per heavy atom. The number of benzene rings is 2. The number of rotatable bonds is 6. The first-order valence-electron chi connectivity index (χ1n) is 12.2. The Balaban J connectivity index is 1.28. The summed E-state index contributed by atoms with van der Waals surface area (Å²) in [4.78, 5) is 41.9. The summed E-state index contributed by atoms with van der Waals surface area (Å²) in [7, 11) is 0. The molecule has 2 saturated heterocycles. The molecule has 2 aromatic rings. The lowest BCUT2D eigenvalue weighted by atomic mass is 9.83. The van der Waals surface area contributed by atoms with Crippen LogP contribution in [0.25, 0.3) is 0 Å². The maximum absolute atomic E-state index is 13.2. The Hall–Kier alpha value is -2.69. The number of hydrogen-bond acceptors (Lipinski definition) is 8. The molecule has 3 heterocycles. The van der Waals surface area contributed by atoms with Crippen LogP contribution in [-0.2, 0) is 20.9 Å². The Morgan fingerprint density at radius 2 is 1.86 bits per heavy atom.